The minimum Gasteiger partial charge on any atom is -0.396 e. The van der Waals surface area contributed by atoms with E-state index in [0.717, 1.165) is 24.3 Å². The Morgan fingerprint density at radius 1 is 1.26 bits per heavy atom. The minimum absolute atomic E-state index is 0.0669. The molecular formula is C12H10F3N3O. The average Bonchev–Trinajstić information content (AvgIpc) is 2.74. The van der Waals surface area contributed by atoms with Crippen molar-refractivity contribution in [2.24, 2.45) is 0 Å². The van der Waals surface area contributed by atoms with Gasteiger partial charge in [0.25, 0.3) is 0 Å². The van der Waals surface area contributed by atoms with Gasteiger partial charge >= 0.3 is 6.18 Å². The molecule has 0 amide bonds. The highest BCUT2D eigenvalue weighted by Crippen LogP contribution is 2.29. The highest BCUT2D eigenvalue weighted by molar-refractivity contribution is 5.95. The van der Waals surface area contributed by atoms with Crippen LogP contribution in [0.25, 0.3) is 0 Å². The largest absolute Gasteiger partial charge is 0.416 e. The number of rotatable bonds is 3. The summed E-state index contributed by atoms with van der Waals surface area (Å²) in [5, 5.41) is 3.83. The Bertz CT molecular complexity index is 587. The fourth-order valence-electron chi connectivity index (χ4n) is 1.55. The Balaban J connectivity index is 2.12. The third-order valence-corrected chi connectivity index (χ3v) is 2.49. The molecule has 0 spiro atoms. The summed E-state index contributed by atoms with van der Waals surface area (Å²) in [6.45, 7) is -0.0669. The molecular weight excluding hydrogens is 259 g/mol. The smallest absolute Gasteiger partial charge is 0.396 e. The van der Waals surface area contributed by atoms with Crippen molar-refractivity contribution in [3.63, 3.8) is 0 Å². The summed E-state index contributed by atoms with van der Waals surface area (Å²) in [4.78, 5) is 11.8. The molecule has 1 aromatic carbocycles. The van der Waals surface area contributed by atoms with Crippen molar-refractivity contribution in [1.29, 1.82) is 0 Å². The van der Waals surface area contributed by atoms with Crippen LogP contribution in [0.5, 0.6) is 0 Å². The van der Waals surface area contributed by atoms with Crippen LogP contribution in [0, 0.1) is 0 Å². The number of benzene rings is 1. The first-order valence-electron chi connectivity index (χ1n) is 5.34. The first kappa shape index (κ1) is 13.1. The number of carbonyl (C=O) groups is 1. The van der Waals surface area contributed by atoms with E-state index in [2.05, 4.69) is 5.10 Å². The molecule has 4 nitrogen and oxygen atoms in total. The van der Waals surface area contributed by atoms with Crippen molar-refractivity contribution in [3.8, 4) is 0 Å². The number of anilines is 1. The molecule has 0 bridgehead atoms. The molecule has 7 heteroatoms. The number of nitrogens with zero attached hydrogens (tertiary/aromatic N) is 2. The second kappa shape index (κ2) is 4.75. The predicted molar refractivity (Wildman–Crippen MR) is 62.4 cm³/mol. The number of alkyl halides is 3. The van der Waals surface area contributed by atoms with Gasteiger partial charge in [0.05, 0.1) is 17.4 Å². The Kier molecular flexibility index (Phi) is 3.28. The monoisotopic (exact) mass is 269 g/mol. The lowest BCUT2D eigenvalue weighted by atomic mass is 10.1. The Hall–Kier alpha value is -2.31. The molecule has 100 valence electrons. The standard InChI is InChI=1S/C12H10F3N3O/c13-12(14,15)9-3-1-8(2-4-9)11(19)7-18-6-10(16)5-17-18/h1-6H,7,16H2. The van der Waals surface area contributed by atoms with E-state index in [0.29, 0.717) is 5.69 Å². The van der Waals surface area contributed by atoms with Gasteiger partial charge in [-0.1, -0.05) is 12.1 Å². The molecule has 1 heterocycles. The van der Waals surface area contributed by atoms with Crippen molar-refractivity contribution in [2.75, 3.05) is 5.73 Å². The third kappa shape index (κ3) is 3.12. The van der Waals surface area contributed by atoms with Gasteiger partial charge in [-0.2, -0.15) is 18.3 Å². The summed E-state index contributed by atoms with van der Waals surface area (Å²) >= 11 is 0. The molecule has 2 aromatic rings. The lowest BCUT2D eigenvalue weighted by Gasteiger charge is -2.07. The summed E-state index contributed by atoms with van der Waals surface area (Å²) in [5.41, 5.74) is 5.27. The Morgan fingerprint density at radius 2 is 1.89 bits per heavy atom. The zero-order valence-corrected chi connectivity index (χ0v) is 9.69. The van der Waals surface area contributed by atoms with Crippen molar-refractivity contribution < 1.29 is 18.0 Å². The maximum Gasteiger partial charge on any atom is 0.416 e. The van der Waals surface area contributed by atoms with E-state index in [9.17, 15) is 18.0 Å². The molecule has 0 aliphatic carbocycles. The quantitative estimate of drug-likeness (QED) is 0.870. The fourth-order valence-corrected chi connectivity index (χ4v) is 1.55. The molecule has 1 aromatic heterocycles. The molecule has 2 N–H and O–H groups in total. The van der Waals surface area contributed by atoms with Crippen LogP contribution in [0.3, 0.4) is 0 Å². The lowest BCUT2D eigenvalue weighted by molar-refractivity contribution is -0.137. The van der Waals surface area contributed by atoms with E-state index in [-0.39, 0.29) is 17.9 Å². The van der Waals surface area contributed by atoms with Gasteiger partial charge in [0.15, 0.2) is 5.78 Å². The van der Waals surface area contributed by atoms with Crippen LogP contribution in [-0.2, 0) is 12.7 Å². The number of halogens is 3. The van der Waals surface area contributed by atoms with Crippen LogP contribution < -0.4 is 5.73 Å². The van der Waals surface area contributed by atoms with Crippen molar-refractivity contribution in [3.05, 3.63) is 47.8 Å². The van der Waals surface area contributed by atoms with Crippen LogP contribution in [0.1, 0.15) is 15.9 Å². The van der Waals surface area contributed by atoms with Gasteiger partial charge in [-0.05, 0) is 12.1 Å². The second-order valence-corrected chi connectivity index (χ2v) is 3.97. The van der Waals surface area contributed by atoms with Gasteiger partial charge in [0.2, 0.25) is 0 Å². The van der Waals surface area contributed by atoms with E-state index in [4.69, 9.17) is 5.73 Å². The number of nitrogen functional groups attached to an aromatic ring is 1. The van der Waals surface area contributed by atoms with Crippen LogP contribution in [-0.4, -0.2) is 15.6 Å². The highest BCUT2D eigenvalue weighted by Gasteiger charge is 2.30. The number of hydrogen-bond donors (Lipinski definition) is 1. The maximum absolute atomic E-state index is 12.4. The van der Waals surface area contributed by atoms with Gasteiger partial charge < -0.3 is 5.73 Å². The van der Waals surface area contributed by atoms with Gasteiger partial charge in [-0.15, -0.1) is 0 Å². The first-order valence-corrected chi connectivity index (χ1v) is 5.34. The van der Waals surface area contributed by atoms with E-state index in [1.807, 2.05) is 0 Å². The number of Topliss-reactive ketones (excluding diaryl/α,β-unsaturated/α-hetero) is 1. The summed E-state index contributed by atoms with van der Waals surface area (Å²) in [5.74, 6) is -0.336. The summed E-state index contributed by atoms with van der Waals surface area (Å²) < 4.78 is 38.4. The molecule has 0 saturated carbocycles. The first-order chi connectivity index (χ1) is 8.86. The Morgan fingerprint density at radius 3 is 2.37 bits per heavy atom. The van der Waals surface area contributed by atoms with Crippen LogP contribution in [0.2, 0.25) is 0 Å². The van der Waals surface area contributed by atoms with E-state index < -0.39 is 11.7 Å². The van der Waals surface area contributed by atoms with Crippen LogP contribution in [0.15, 0.2) is 36.7 Å². The minimum atomic E-state index is -4.40. The van der Waals surface area contributed by atoms with Crippen molar-refractivity contribution >= 4 is 11.5 Å². The normalized spacial score (nSPS) is 11.5. The second-order valence-electron chi connectivity index (χ2n) is 3.97. The number of carbonyl (C=O) groups excluding carboxylic acids is 1. The summed E-state index contributed by atoms with van der Waals surface area (Å²) in [6.07, 6.45) is -1.54. The highest BCUT2D eigenvalue weighted by atomic mass is 19.4. The number of aromatic nitrogens is 2. The lowest BCUT2D eigenvalue weighted by Crippen LogP contribution is -2.11. The van der Waals surface area contributed by atoms with Gasteiger partial charge in [-0.25, -0.2) is 0 Å². The molecule has 0 unspecified atom stereocenters. The molecule has 2 rings (SSSR count). The Labute approximate surface area is 106 Å². The zero-order valence-electron chi connectivity index (χ0n) is 9.69. The summed E-state index contributed by atoms with van der Waals surface area (Å²) in [7, 11) is 0. The van der Waals surface area contributed by atoms with E-state index in [1.165, 1.54) is 17.1 Å². The predicted octanol–water partition coefficient (Wildman–Crippen LogP) is 2.37. The van der Waals surface area contributed by atoms with Crippen LogP contribution in [0.4, 0.5) is 18.9 Å². The zero-order chi connectivity index (χ0) is 14.0. The van der Waals surface area contributed by atoms with Gasteiger partial charge in [-0.3, -0.25) is 9.48 Å². The van der Waals surface area contributed by atoms with Crippen molar-refractivity contribution in [1.82, 2.24) is 9.78 Å². The van der Waals surface area contributed by atoms with E-state index in [1.54, 1.807) is 0 Å². The van der Waals surface area contributed by atoms with Crippen molar-refractivity contribution in [2.45, 2.75) is 12.7 Å². The van der Waals surface area contributed by atoms with Crippen LogP contribution >= 0.6 is 0 Å². The third-order valence-electron chi connectivity index (χ3n) is 2.49. The molecule has 0 radical (unpaired) electrons. The molecule has 19 heavy (non-hydrogen) atoms. The number of nitrogens with two attached hydrogens (primary N) is 1. The molecule has 0 saturated heterocycles. The fraction of sp³-hybridized carbons (Fsp3) is 0.167. The topological polar surface area (TPSA) is 60.9 Å². The maximum atomic E-state index is 12.4. The summed E-state index contributed by atoms with van der Waals surface area (Å²) in [6, 6.07) is 4.06. The molecule has 0 fully saturated rings. The molecule has 0 aliphatic heterocycles. The molecule has 0 aliphatic rings. The molecule has 0 atom stereocenters. The SMILES string of the molecule is Nc1cnn(CC(=O)c2ccc(C(F)(F)F)cc2)c1. The number of ketones is 1. The van der Waals surface area contributed by atoms with Gasteiger partial charge in [0.1, 0.15) is 6.54 Å². The number of hydrogen-bond acceptors (Lipinski definition) is 3. The van der Waals surface area contributed by atoms with Gasteiger partial charge in [0, 0.05) is 11.8 Å². The van der Waals surface area contributed by atoms with E-state index >= 15 is 0 Å². The average molecular weight is 269 g/mol.